The molecular formula is C17H17ClFNO2. The predicted octanol–water partition coefficient (Wildman–Crippen LogP) is 4.37. The third kappa shape index (κ3) is 3.77. The van der Waals surface area contributed by atoms with Crippen molar-refractivity contribution in [2.24, 2.45) is 0 Å². The number of amides is 1. The molecule has 0 spiro atoms. The van der Waals surface area contributed by atoms with Gasteiger partial charge in [-0.05, 0) is 42.3 Å². The fourth-order valence-corrected chi connectivity index (χ4v) is 2.42. The summed E-state index contributed by atoms with van der Waals surface area (Å²) in [5.74, 6) is -0.0390. The van der Waals surface area contributed by atoms with Crippen LogP contribution in [0.1, 0.15) is 35.3 Å². The number of methoxy groups -OCH3 is 1. The first kappa shape index (κ1) is 16.3. The lowest BCUT2D eigenvalue weighted by molar-refractivity contribution is 0.0935. The van der Waals surface area contributed by atoms with Gasteiger partial charge in [0.2, 0.25) is 0 Å². The van der Waals surface area contributed by atoms with Crippen LogP contribution in [0.15, 0.2) is 42.5 Å². The Bertz CT molecular complexity index is 658. The van der Waals surface area contributed by atoms with E-state index in [-0.39, 0.29) is 22.5 Å². The van der Waals surface area contributed by atoms with Gasteiger partial charge in [-0.1, -0.05) is 30.7 Å². The Morgan fingerprint density at radius 3 is 2.50 bits per heavy atom. The topological polar surface area (TPSA) is 38.3 Å². The molecular weight excluding hydrogens is 305 g/mol. The highest BCUT2D eigenvalue weighted by molar-refractivity contribution is 6.33. The molecule has 5 heteroatoms. The number of ether oxygens (including phenoxy) is 1. The van der Waals surface area contributed by atoms with Gasteiger partial charge in [0.15, 0.2) is 0 Å². The molecule has 0 bridgehead atoms. The lowest BCUT2D eigenvalue weighted by Crippen LogP contribution is -2.28. The Morgan fingerprint density at radius 2 is 1.95 bits per heavy atom. The van der Waals surface area contributed by atoms with Gasteiger partial charge in [0, 0.05) is 0 Å². The van der Waals surface area contributed by atoms with Crippen LogP contribution in [-0.2, 0) is 0 Å². The monoisotopic (exact) mass is 321 g/mol. The second-order valence-corrected chi connectivity index (χ2v) is 5.24. The van der Waals surface area contributed by atoms with Gasteiger partial charge in [-0.25, -0.2) is 4.39 Å². The quantitative estimate of drug-likeness (QED) is 0.888. The molecule has 3 nitrogen and oxygen atoms in total. The Kier molecular flexibility index (Phi) is 5.39. The number of carbonyl (C=O) groups excluding carboxylic acids is 1. The van der Waals surface area contributed by atoms with Crippen LogP contribution in [-0.4, -0.2) is 13.0 Å². The van der Waals surface area contributed by atoms with Crippen molar-refractivity contribution in [3.63, 3.8) is 0 Å². The number of benzene rings is 2. The number of hydrogen-bond acceptors (Lipinski definition) is 2. The van der Waals surface area contributed by atoms with Crippen molar-refractivity contribution < 1.29 is 13.9 Å². The van der Waals surface area contributed by atoms with Gasteiger partial charge in [0.05, 0.1) is 23.7 Å². The molecule has 0 saturated carbocycles. The van der Waals surface area contributed by atoms with Gasteiger partial charge in [0.1, 0.15) is 11.6 Å². The smallest absolute Gasteiger partial charge is 0.253 e. The van der Waals surface area contributed by atoms with Crippen molar-refractivity contribution in [1.29, 1.82) is 0 Å². The zero-order valence-corrected chi connectivity index (χ0v) is 13.2. The van der Waals surface area contributed by atoms with Gasteiger partial charge in [-0.15, -0.1) is 0 Å². The van der Waals surface area contributed by atoms with Crippen molar-refractivity contribution in [2.45, 2.75) is 19.4 Å². The van der Waals surface area contributed by atoms with Crippen molar-refractivity contribution in [2.75, 3.05) is 7.11 Å². The molecule has 0 aromatic heterocycles. The summed E-state index contributed by atoms with van der Waals surface area (Å²) in [6.07, 6.45) is 0.719. The molecule has 1 N–H and O–H groups in total. The molecule has 2 aromatic carbocycles. The number of rotatable bonds is 5. The number of nitrogens with one attached hydrogen (secondary N) is 1. The molecule has 0 fully saturated rings. The summed E-state index contributed by atoms with van der Waals surface area (Å²) in [6, 6.07) is 11.1. The second-order valence-electron chi connectivity index (χ2n) is 4.83. The molecule has 116 valence electrons. The average Bonchev–Trinajstić information content (AvgIpc) is 2.52. The summed E-state index contributed by atoms with van der Waals surface area (Å²) in [5.41, 5.74) is 1.23. The van der Waals surface area contributed by atoms with Crippen LogP contribution in [0, 0.1) is 5.82 Å². The first-order valence-corrected chi connectivity index (χ1v) is 7.32. The molecule has 1 atom stereocenters. The summed E-state index contributed by atoms with van der Waals surface area (Å²) < 4.78 is 18.2. The van der Waals surface area contributed by atoms with Gasteiger partial charge >= 0.3 is 0 Å². The van der Waals surface area contributed by atoms with Crippen molar-refractivity contribution in [3.05, 3.63) is 64.4 Å². The average molecular weight is 322 g/mol. The van der Waals surface area contributed by atoms with Crippen molar-refractivity contribution in [3.8, 4) is 5.75 Å². The predicted molar refractivity (Wildman–Crippen MR) is 84.9 cm³/mol. The standard InChI is InChI=1S/C17H17ClFNO2/c1-3-16(11-4-7-13(22-2)8-5-11)20-17(21)14-9-6-12(19)10-15(14)18/h4-10,16H,3H2,1-2H3,(H,20,21). The van der Waals surface area contributed by atoms with Crippen LogP contribution in [0.3, 0.4) is 0 Å². The van der Waals surface area contributed by atoms with Crippen LogP contribution in [0.4, 0.5) is 4.39 Å². The van der Waals surface area contributed by atoms with Crippen LogP contribution in [0.25, 0.3) is 0 Å². The van der Waals surface area contributed by atoms with Crippen molar-refractivity contribution >= 4 is 17.5 Å². The number of halogens is 2. The van der Waals surface area contributed by atoms with E-state index in [0.717, 1.165) is 23.8 Å². The largest absolute Gasteiger partial charge is 0.497 e. The summed E-state index contributed by atoms with van der Waals surface area (Å²) in [4.78, 5) is 12.3. The van der Waals surface area contributed by atoms with E-state index in [9.17, 15) is 9.18 Å². The maximum Gasteiger partial charge on any atom is 0.253 e. The summed E-state index contributed by atoms with van der Waals surface area (Å²) in [5, 5.41) is 3.01. The summed E-state index contributed by atoms with van der Waals surface area (Å²) in [6.45, 7) is 1.97. The second kappa shape index (κ2) is 7.27. The van der Waals surface area contributed by atoms with Crippen LogP contribution in [0.2, 0.25) is 5.02 Å². The fraction of sp³-hybridized carbons (Fsp3) is 0.235. The maximum absolute atomic E-state index is 13.0. The number of hydrogen-bond donors (Lipinski definition) is 1. The van der Waals surface area contributed by atoms with E-state index in [1.807, 2.05) is 31.2 Å². The number of carbonyl (C=O) groups is 1. The minimum Gasteiger partial charge on any atom is -0.497 e. The minimum atomic E-state index is -0.469. The minimum absolute atomic E-state index is 0.0992. The maximum atomic E-state index is 13.0. The van der Waals surface area contributed by atoms with Gasteiger partial charge in [-0.2, -0.15) is 0 Å². The van der Waals surface area contributed by atoms with Gasteiger partial charge < -0.3 is 10.1 Å². The molecule has 0 heterocycles. The van der Waals surface area contributed by atoms with Crippen molar-refractivity contribution in [1.82, 2.24) is 5.32 Å². The Labute approximate surface area is 134 Å². The Morgan fingerprint density at radius 1 is 1.27 bits per heavy atom. The zero-order chi connectivity index (χ0) is 16.1. The lowest BCUT2D eigenvalue weighted by Gasteiger charge is -2.18. The van der Waals surface area contributed by atoms with Crippen LogP contribution in [0.5, 0.6) is 5.75 Å². The van der Waals surface area contributed by atoms with E-state index in [1.165, 1.54) is 12.1 Å². The molecule has 1 amide bonds. The first-order valence-electron chi connectivity index (χ1n) is 6.95. The Balaban J connectivity index is 2.16. The van der Waals surface area contributed by atoms with E-state index >= 15 is 0 Å². The highest BCUT2D eigenvalue weighted by atomic mass is 35.5. The van der Waals surface area contributed by atoms with E-state index in [1.54, 1.807) is 7.11 Å². The van der Waals surface area contributed by atoms with E-state index in [4.69, 9.17) is 16.3 Å². The van der Waals surface area contributed by atoms with Gasteiger partial charge in [0.25, 0.3) is 5.91 Å². The van der Waals surface area contributed by atoms with E-state index < -0.39 is 5.82 Å². The zero-order valence-electron chi connectivity index (χ0n) is 12.4. The first-order chi connectivity index (χ1) is 10.5. The molecule has 0 aliphatic heterocycles. The highest BCUT2D eigenvalue weighted by Crippen LogP contribution is 2.22. The van der Waals surface area contributed by atoms with E-state index in [0.29, 0.717) is 0 Å². The third-order valence-electron chi connectivity index (χ3n) is 3.41. The SMILES string of the molecule is CCC(NC(=O)c1ccc(F)cc1Cl)c1ccc(OC)cc1. The lowest BCUT2D eigenvalue weighted by atomic mass is 10.0. The van der Waals surface area contributed by atoms with Crippen LogP contribution < -0.4 is 10.1 Å². The third-order valence-corrected chi connectivity index (χ3v) is 3.72. The molecule has 0 radical (unpaired) electrons. The molecule has 1 unspecified atom stereocenters. The van der Waals surface area contributed by atoms with Crippen LogP contribution >= 0.6 is 11.6 Å². The molecule has 22 heavy (non-hydrogen) atoms. The summed E-state index contributed by atoms with van der Waals surface area (Å²) in [7, 11) is 1.60. The molecule has 0 aliphatic carbocycles. The molecule has 2 rings (SSSR count). The fourth-order valence-electron chi connectivity index (χ4n) is 2.17. The summed E-state index contributed by atoms with van der Waals surface area (Å²) >= 11 is 5.92. The normalized spacial score (nSPS) is 11.8. The molecule has 0 aliphatic rings. The Hall–Kier alpha value is -2.07. The van der Waals surface area contributed by atoms with Gasteiger partial charge in [-0.3, -0.25) is 4.79 Å². The molecule has 2 aromatic rings. The molecule has 0 saturated heterocycles. The van der Waals surface area contributed by atoms with E-state index in [2.05, 4.69) is 5.32 Å². The highest BCUT2D eigenvalue weighted by Gasteiger charge is 2.16.